The topological polar surface area (TPSA) is 90.5 Å². The van der Waals surface area contributed by atoms with Gasteiger partial charge in [-0.1, -0.05) is 18.7 Å². The first-order valence-electron chi connectivity index (χ1n) is 5.53. The van der Waals surface area contributed by atoms with Crippen molar-refractivity contribution in [2.75, 3.05) is 12.0 Å². The maximum absolute atomic E-state index is 5.69. The zero-order chi connectivity index (χ0) is 13.1. The van der Waals surface area contributed by atoms with Gasteiger partial charge in [-0.05, 0) is 25.7 Å². The van der Waals surface area contributed by atoms with Crippen LogP contribution in [0.25, 0.3) is 11.4 Å². The molecule has 0 unspecified atom stereocenters. The molecule has 0 aliphatic heterocycles. The number of thioether (sulfide) groups is 1. The van der Waals surface area contributed by atoms with Gasteiger partial charge in [0.25, 0.3) is 0 Å². The molecule has 0 saturated carbocycles. The van der Waals surface area contributed by atoms with Crippen molar-refractivity contribution >= 4 is 17.7 Å². The van der Waals surface area contributed by atoms with Crippen LogP contribution in [0.4, 0.5) is 5.95 Å². The van der Waals surface area contributed by atoms with E-state index in [4.69, 9.17) is 5.73 Å². The van der Waals surface area contributed by atoms with Crippen LogP contribution < -0.4 is 5.73 Å². The summed E-state index contributed by atoms with van der Waals surface area (Å²) in [6, 6.07) is 1.92. The molecule has 0 saturated heterocycles. The second-order valence-electron chi connectivity index (χ2n) is 3.70. The van der Waals surface area contributed by atoms with E-state index in [0.29, 0.717) is 11.0 Å². The second kappa shape index (κ2) is 5.26. The third-order valence-electron chi connectivity index (χ3n) is 2.38. The zero-order valence-corrected chi connectivity index (χ0v) is 11.3. The SMILES string of the molecule is CCc1nnc(C)cc1-c1nc(N)nc(SC)n1. The van der Waals surface area contributed by atoms with Gasteiger partial charge in [0.1, 0.15) is 0 Å². The zero-order valence-electron chi connectivity index (χ0n) is 10.5. The highest BCUT2D eigenvalue weighted by Crippen LogP contribution is 2.22. The Morgan fingerprint density at radius 2 is 2.00 bits per heavy atom. The average Bonchev–Trinajstić information content (AvgIpc) is 2.38. The largest absolute Gasteiger partial charge is 0.368 e. The molecule has 0 aliphatic carbocycles. The molecular formula is C11H14N6S. The predicted octanol–water partition coefficient (Wildman–Crippen LogP) is 1.50. The van der Waals surface area contributed by atoms with Crippen molar-refractivity contribution in [2.45, 2.75) is 25.4 Å². The van der Waals surface area contributed by atoms with Crippen LogP contribution in [0.3, 0.4) is 0 Å². The first kappa shape index (κ1) is 12.7. The summed E-state index contributed by atoms with van der Waals surface area (Å²) >= 11 is 1.43. The molecule has 0 bridgehead atoms. The van der Waals surface area contributed by atoms with Gasteiger partial charge in [-0.2, -0.15) is 20.2 Å². The van der Waals surface area contributed by atoms with Crippen molar-refractivity contribution in [2.24, 2.45) is 0 Å². The molecule has 0 amide bonds. The van der Waals surface area contributed by atoms with E-state index in [1.807, 2.05) is 26.2 Å². The van der Waals surface area contributed by atoms with Gasteiger partial charge >= 0.3 is 0 Å². The molecule has 0 aromatic carbocycles. The molecule has 2 N–H and O–H groups in total. The number of rotatable bonds is 3. The molecule has 0 aliphatic rings. The number of hydrogen-bond acceptors (Lipinski definition) is 7. The number of hydrogen-bond donors (Lipinski definition) is 1. The summed E-state index contributed by atoms with van der Waals surface area (Å²) in [4.78, 5) is 12.6. The van der Waals surface area contributed by atoms with Crippen molar-refractivity contribution in [3.63, 3.8) is 0 Å². The first-order chi connectivity index (χ1) is 8.63. The number of nitrogen functional groups attached to an aromatic ring is 1. The molecule has 0 atom stereocenters. The van der Waals surface area contributed by atoms with E-state index in [1.165, 1.54) is 11.8 Å². The molecule has 6 nitrogen and oxygen atoms in total. The minimum atomic E-state index is 0.223. The summed E-state index contributed by atoms with van der Waals surface area (Å²) in [7, 11) is 0. The second-order valence-corrected chi connectivity index (χ2v) is 4.48. The van der Waals surface area contributed by atoms with E-state index in [-0.39, 0.29) is 5.95 Å². The van der Waals surface area contributed by atoms with E-state index in [1.54, 1.807) is 0 Å². The third kappa shape index (κ3) is 2.56. The Balaban J connectivity index is 2.60. The molecule has 2 rings (SSSR count). The summed E-state index contributed by atoms with van der Waals surface area (Å²) in [5, 5.41) is 8.81. The molecule has 7 heteroatoms. The fourth-order valence-electron chi connectivity index (χ4n) is 1.55. The fraction of sp³-hybridized carbons (Fsp3) is 0.364. The van der Waals surface area contributed by atoms with Gasteiger partial charge in [0.2, 0.25) is 5.95 Å². The molecule has 0 fully saturated rings. The fourth-order valence-corrected chi connectivity index (χ4v) is 1.92. The lowest BCUT2D eigenvalue weighted by molar-refractivity contribution is 0.876. The molecule has 0 spiro atoms. The summed E-state index contributed by atoms with van der Waals surface area (Å²) < 4.78 is 0. The number of nitrogens with two attached hydrogens (primary N) is 1. The van der Waals surface area contributed by atoms with Crippen molar-refractivity contribution in [3.8, 4) is 11.4 Å². The van der Waals surface area contributed by atoms with Gasteiger partial charge in [0.15, 0.2) is 11.0 Å². The average molecular weight is 262 g/mol. The highest BCUT2D eigenvalue weighted by atomic mass is 32.2. The Kier molecular flexibility index (Phi) is 3.71. The maximum Gasteiger partial charge on any atom is 0.224 e. The quantitative estimate of drug-likeness (QED) is 0.838. The van der Waals surface area contributed by atoms with Gasteiger partial charge in [0.05, 0.1) is 11.4 Å². The van der Waals surface area contributed by atoms with E-state index < -0.39 is 0 Å². The van der Waals surface area contributed by atoms with Crippen LogP contribution in [0, 0.1) is 6.92 Å². The summed E-state index contributed by atoms with van der Waals surface area (Å²) in [5.74, 6) is 0.780. The number of anilines is 1. The summed E-state index contributed by atoms with van der Waals surface area (Å²) in [6.45, 7) is 3.90. The maximum atomic E-state index is 5.69. The van der Waals surface area contributed by atoms with Crippen LogP contribution >= 0.6 is 11.8 Å². The monoisotopic (exact) mass is 262 g/mol. The highest BCUT2D eigenvalue weighted by Gasteiger charge is 2.12. The first-order valence-corrected chi connectivity index (χ1v) is 6.75. The lowest BCUT2D eigenvalue weighted by Crippen LogP contribution is -2.05. The Morgan fingerprint density at radius 3 is 2.67 bits per heavy atom. The summed E-state index contributed by atoms with van der Waals surface area (Å²) in [6.07, 6.45) is 2.66. The normalized spacial score (nSPS) is 10.6. The van der Waals surface area contributed by atoms with Gasteiger partial charge in [0, 0.05) is 5.56 Å². The van der Waals surface area contributed by atoms with Crippen LogP contribution in [-0.4, -0.2) is 31.4 Å². The van der Waals surface area contributed by atoms with Gasteiger partial charge in [-0.3, -0.25) is 0 Å². The molecule has 94 valence electrons. The highest BCUT2D eigenvalue weighted by molar-refractivity contribution is 7.98. The molecule has 2 aromatic rings. The van der Waals surface area contributed by atoms with Crippen molar-refractivity contribution in [1.29, 1.82) is 0 Å². The molecule has 18 heavy (non-hydrogen) atoms. The van der Waals surface area contributed by atoms with Crippen molar-refractivity contribution < 1.29 is 0 Å². The molecule has 0 radical (unpaired) electrons. The van der Waals surface area contributed by atoms with Gasteiger partial charge < -0.3 is 5.73 Å². The van der Waals surface area contributed by atoms with Crippen molar-refractivity contribution in [1.82, 2.24) is 25.1 Å². The Bertz CT molecular complexity index is 571. The van der Waals surface area contributed by atoms with Crippen LogP contribution in [0.2, 0.25) is 0 Å². The molecule has 2 heterocycles. The number of nitrogens with zero attached hydrogens (tertiary/aromatic N) is 5. The van der Waals surface area contributed by atoms with E-state index in [0.717, 1.165) is 23.4 Å². The Labute approximate surface area is 109 Å². The third-order valence-corrected chi connectivity index (χ3v) is 2.93. The lowest BCUT2D eigenvalue weighted by atomic mass is 10.1. The van der Waals surface area contributed by atoms with Crippen LogP contribution in [-0.2, 0) is 6.42 Å². The van der Waals surface area contributed by atoms with Crippen LogP contribution in [0.1, 0.15) is 18.3 Å². The predicted molar refractivity (Wildman–Crippen MR) is 71.2 cm³/mol. The Morgan fingerprint density at radius 1 is 1.22 bits per heavy atom. The number of aryl methyl sites for hydroxylation is 2. The standard InChI is InChI=1S/C11H14N6S/c1-4-8-7(5-6(2)16-17-8)9-13-10(12)15-11(14-9)18-3/h5H,4H2,1-3H3,(H2,12,13,14,15). The van der Waals surface area contributed by atoms with E-state index in [9.17, 15) is 0 Å². The smallest absolute Gasteiger partial charge is 0.224 e. The number of aromatic nitrogens is 5. The van der Waals surface area contributed by atoms with E-state index >= 15 is 0 Å². The lowest BCUT2D eigenvalue weighted by Gasteiger charge is -2.07. The molecular weight excluding hydrogens is 248 g/mol. The Hall–Kier alpha value is -1.76. The minimum absolute atomic E-state index is 0.223. The van der Waals surface area contributed by atoms with Gasteiger partial charge in [-0.15, -0.1) is 0 Å². The minimum Gasteiger partial charge on any atom is -0.368 e. The molecule has 2 aromatic heterocycles. The summed E-state index contributed by atoms with van der Waals surface area (Å²) in [5.41, 5.74) is 8.25. The van der Waals surface area contributed by atoms with Gasteiger partial charge in [-0.25, -0.2) is 4.98 Å². The van der Waals surface area contributed by atoms with E-state index in [2.05, 4.69) is 25.1 Å². The van der Waals surface area contributed by atoms with Crippen LogP contribution in [0.5, 0.6) is 0 Å². The van der Waals surface area contributed by atoms with Crippen molar-refractivity contribution in [3.05, 3.63) is 17.5 Å². The van der Waals surface area contributed by atoms with Crippen LogP contribution in [0.15, 0.2) is 11.2 Å².